The average molecular weight is 325 g/mol. The molecule has 24 heavy (non-hydrogen) atoms. The van der Waals surface area contributed by atoms with Crippen LogP contribution in [0.15, 0.2) is 41.5 Å². The average Bonchev–Trinajstić information content (AvgIpc) is 2.92. The molecule has 8 nitrogen and oxygen atoms in total. The molecule has 8 heteroatoms. The molecule has 0 saturated heterocycles. The number of nitrogens with two attached hydrogens (primary N) is 1. The van der Waals surface area contributed by atoms with Gasteiger partial charge in [-0.2, -0.15) is 0 Å². The number of primary amides is 1. The first kappa shape index (κ1) is 15.5. The zero-order chi connectivity index (χ0) is 17.3. The lowest BCUT2D eigenvalue weighted by atomic mass is 10.1. The number of hydrogen-bond donors (Lipinski definition) is 3. The number of nitrogens with zero attached hydrogens (tertiary/aromatic N) is 2. The summed E-state index contributed by atoms with van der Waals surface area (Å²) in [5.41, 5.74) is 6.75. The summed E-state index contributed by atoms with van der Waals surface area (Å²) in [6, 6.07) is 8.08. The summed E-state index contributed by atoms with van der Waals surface area (Å²) in [5, 5.41) is 3.00. The molecule has 0 aliphatic rings. The van der Waals surface area contributed by atoms with Gasteiger partial charge in [0.2, 0.25) is 5.91 Å². The molecule has 3 rings (SSSR count). The van der Waals surface area contributed by atoms with E-state index in [4.69, 9.17) is 5.73 Å². The predicted octanol–water partition coefficient (Wildman–Crippen LogP) is 0.771. The monoisotopic (exact) mass is 325 g/mol. The lowest BCUT2D eigenvalue weighted by molar-refractivity contribution is -0.116. The number of carbonyl (C=O) groups excluding carboxylic acids is 2. The largest absolute Gasteiger partial charge is 0.366 e. The number of carbonyl (C=O) groups is 2. The van der Waals surface area contributed by atoms with Crippen molar-refractivity contribution in [1.82, 2.24) is 14.5 Å². The predicted molar refractivity (Wildman–Crippen MR) is 88.7 cm³/mol. The Morgan fingerprint density at radius 1 is 1.33 bits per heavy atom. The third-order valence-electron chi connectivity index (χ3n) is 3.53. The molecule has 0 aliphatic heterocycles. The van der Waals surface area contributed by atoms with Gasteiger partial charge in [-0.25, -0.2) is 4.98 Å². The number of hydrogen-bond acceptors (Lipinski definition) is 4. The number of benzene rings is 1. The minimum Gasteiger partial charge on any atom is -0.366 e. The highest BCUT2D eigenvalue weighted by molar-refractivity contribution is 6.02. The van der Waals surface area contributed by atoms with E-state index in [0.29, 0.717) is 16.7 Å². The van der Waals surface area contributed by atoms with Gasteiger partial charge in [-0.3, -0.25) is 19.0 Å². The van der Waals surface area contributed by atoms with Gasteiger partial charge in [-0.05, 0) is 25.1 Å². The maximum absolute atomic E-state index is 12.4. The number of anilines is 1. The van der Waals surface area contributed by atoms with E-state index in [1.807, 2.05) is 6.92 Å². The number of aromatic nitrogens is 3. The summed E-state index contributed by atoms with van der Waals surface area (Å²) in [5.74, 6) is -1.10. The fraction of sp³-hybridized carbons (Fsp3) is 0.125. The van der Waals surface area contributed by atoms with E-state index >= 15 is 0 Å². The summed E-state index contributed by atoms with van der Waals surface area (Å²) in [6.45, 7) is 1.60. The van der Waals surface area contributed by atoms with E-state index in [2.05, 4.69) is 15.3 Å². The van der Waals surface area contributed by atoms with Crippen LogP contribution in [0.4, 0.5) is 5.69 Å². The van der Waals surface area contributed by atoms with Crippen molar-refractivity contribution in [3.05, 3.63) is 58.3 Å². The van der Waals surface area contributed by atoms with Crippen LogP contribution in [0.2, 0.25) is 0 Å². The van der Waals surface area contributed by atoms with Gasteiger partial charge in [0.1, 0.15) is 18.5 Å². The van der Waals surface area contributed by atoms with Crippen molar-refractivity contribution >= 4 is 28.5 Å². The zero-order valence-corrected chi connectivity index (χ0v) is 12.9. The van der Waals surface area contributed by atoms with Crippen LogP contribution in [0, 0.1) is 6.92 Å². The molecule has 2 aromatic heterocycles. The highest BCUT2D eigenvalue weighted by Gasteiger charge is 2.13. The van der Waals surface area contributed by atoms with Crippen LogP contribution >= 0.6 is 0 Å². The van der Waals surface area contributed by atoms with Crippen molar-refractivity contribution in [1.29, 1.82) is 0 Å². The maximum Gasteiger partial charge on any atom is 0.263 e. The molecule has 0 atom stereocenters. The molecule has 2 heterocycles. The standard InChI is InChI=1S/C16H15N5O3/c1-9-6-11-15(19-9)18-8-21(16(11)24)7-13(22)20-12-5-3-2-4-10(12)14(17)23/h2-6,8,19H,7H2,1H3,(H2,17,23)(H,20,22). The van der Waals surface area contributed by atoms with Crippen molar-refractivity contribution in [2.24, 2.45) is 5.73 Å². The number of H-pyrrole nitrogens is 1. The SMILES string of the molecule is Cc1cc2c(=O)n(CC(=O)Nc3ccccc3C(N)=O)cnc2[nH]1. The summed E-state index contributed by atoms with van der Waals surface area (Å²) in [4.78, 5) is 43.0. The number of amides is 2. The summed E-state index contributed by atoms with van der Waals surface area (Å²) < 4.78 is 1.21. The molecule has 0 unspecified atom stereocenters. The van der Waals surface area contributed by atoms with E-state index in [-0.39, 0.29) is 17.7 Å². The Bertz CT molecular complexity index is 1000. The van der Waals surface area contributed by atoms with Gasteiger partial charge in [0.25, 0.3) is 11.5 Å². The van der Waals surface area contributed by atoms with Crippen LogP contribution < -0.4 is 16.6 Å². The molecular weight excluding hydrogens is 310 g/mol. The molecule has 0 fully saturated rings. The smallest absolute Gasteiger partial charge is 0.263 e. The fourth-order valence-electron chi connectivity index (χ4n) is 2.44. The third kappa shape index (κ3) is 2.89. The first-order chi connectivity index (χ1) is 11.5. The lowest BCUT2D eigenvalue weighted by Gasteiger charge is -2.09. The number of aryl methyl sites for hydroxylation is 1. The van der Waals surface area contributed by atoms with Crippen LogP contribution in [0.5, 0.6) is 0 Å². The number of aromatic amines is 1. The summed E-state index contributed by atoms with van der Waals surface area (Å²) >= 11 is 0. The van der Waals surface area contributed by atoms with Crippen molar-refractivity contribution in [3.63, 3.8) is 0 Å². The molecule has 0 radical (unpaired) electrons. The molecule has 3 aromatic rings. The van der Waals surface area contributed by atoms with E-state index in [9.17, 15) is 14.4 Å². The molecule has 0 bridgehead atoms. The second-order valence-electron chi connectivity index (χ2n) is 5.35. The Hall–Kier alpha value is -3.42. The molecular formula is C16H15N5O3. The van der Waals surface area contributed by atoms with Crippen LogP contribution in [0.25, 0.3) is 11.0 Å². The Kier molecular flexibility index (Phi) is 3.87. The van der Waals surface area contributed by atoms with E-state index in [1.165, 1.54) is 17.0 Å². The normalized spacial score (nSPS) is 10.7. The third-order valence-corrected chi connectivity index (χ3v) is 3.53. The van der Waals surface area contributed by atoms with Gasteiger partial charge in [0.05, 0.1) is 16.6 Å². The van der Waals surface area contributed by atoms with Gasteiger partial charge in [-0.15, -0.1) is 0 Å². The Balaban J connectivity index is 1.84. The van der Waals surface area contributed by atoms with Gasteiger partial charge in [0, 0.05) is 5.69 Å². The van der Waals surface area contributed by atoms with Crippen molar-refractivity contribution in [3.8, 4) is 0 Å². The minimum absolute atomic E-state index is 0.202. The molecule has 0 saturated carbocycles. The number of fused-ring (bicyclic) bond motifs is 1. The van der Waals surface area contributed by atoms with E-state index in [1.54, 1.807) is 24.3 Å². The molecule has 122 valence electrons. The Labute approximate surface area is 136 Å². The highest BCUT2D eigenvalue weighted by atomic mass is 16.2. The van der Waals surface area contributed by atoms with Crippen molar-refractivity contribution < 1.29 is 9.59 Å². The second-order valence-corrected chi connectivity index (χ2v) is 5.35. The molecule has 1 aromatic carbocycles. The lowest BCUT2D eigenvalue weighted by Crippen LogP contribution is -2.28. The molecule has 4 N–H and O–H groups in total. The fourth-order valence-corrected chi connectivity index (χ4v) is 2.44. The van der Waals surface area contributed by atoms with Gasteiger partial charge in [-0.1, -0.05) is 12.1 Å². The Morgan fingerprint density at radius 3 is 2.83 bits per heavy atom. The zero-order valence-electron chi connectivity index (χ0n) is 12.9. The van der Waals surface area contributed by atoms with Gasteiger partial charge >= 0.3 is 0 Å². The quantitative estimate of drug-likeness (QED) is 0.655. The second kappa shape index (κ2) is 5.99. The van der Waals surface area contributed by atoms with Crippen LogP contribution in [0.3, 0.4) is 0 Å². The highest BCUT2D eigenvalue weighted by Crippen LogP contribution is 2.14. The van der Waals surface area contributed by atoms with Crippen molar-refractivity contribution in [2.45, 2.75) is 13.5 Å². The van der Waals surface area contributed by atoms with E-state index < -0.39 is 11.8 Å². The van der Waals surface area contributed by atoms with Crippen molar-refractivity contribution in [2.75, 3.05) is 5.32 Å². The number of rotatable bonds is 4. The number of para-hydroxylation sites is 1. The van der Waals surface area contributed by atoms with Gasteiger partial charge in [0.15, 0.2) is 0 Å². The minimum atomic E-state index is -0.644. The first-order valence-electron chi connectivity index (χ1n) is 7.19. The van der Waals surface area contributed by atoms with E-state index in [0.717, 1.165) is 5.69 Å². The van der Waals surface area contributed by atoms with Crippen LogP contribution in [0.1, 0.15) is 16.1 Å². The molecule has 0 aliphatic carbocycles. The maximum atomic E-state index is 12.4. The first-order valence-corrected chi connectivity index (χ1v) is 7.19. The number of nitrogens with one attached hydrogen (secondary N) is 2. The van der Waals surface area contributed by atoms with Crippen LogP contribution in [-0.4, -0.2) is 26.3 Å². The van der Waals surface area contributed by atoms with Crippen LogP contribution in [-0.2, 0) is 11.3 Å². The molecule has 0 spiro atoms. The molecule has 2 amide bonds. The topological polar surface area (TPSA) is 123 Å². The Morgan fingerprint density at radius 2 is 2.08 bits per heavy atom. The summed E-state index contributed by atoms with van der Waals surface area (Å²) in [7, 11) is 0. The summed E-state index contributed by atoms with van der Waals surface area (Å²) in [6.07, 6.45) is 1.31. The van der Waals surface area contributed by atoms with Gasteiger partial charge < -0.3 is 16.0 Å².